The zero-order valence-corrected chi connectivity index (χ0v) is 19.6. The number of piperidine rings is 1. The van der Waals surface area contributed by atoms with Crippen molar-refractivity contribution in [3.8, 4) is 5.75 Å². The van der Waals surface area contributed by atoms with Gasteiger partial charge in [-0.05, 0) is 48.8 Å². The number of amidine groups is 1. The molecule has 0 bridgehead atoms. The van der Waals surface area contributed by atoms with Crippen LogP contribution < -0.4 is 4.74 Å². The van der Waals surface area contributed by atoms with Crippen molar-refractivity contribution in [3.05, 3.63) is 52.2 Å². The third-order valence-corrected chi connectivity index (χ3v) is 6.97. The number of methoxy groups -OCH3 is 2. The molecule has 0 saturated carbocycles. The molecule has 0 aliphatic carbocycles. The number of likely N-dealkylation sites (tertiary alicyclic amines) is 1. The quantitative estimate of drug-likeness (QED) is 0.598. The molecule has 3 heterocycles. The summed E-state index contributed by atoms with van der Waals surface area (Å²) in [6.45, 7) is 3.61. The van der Waals surface area contributed by atoms with E-state index in [0.29, 0.717) is 23.4 Å². The first kappa shape index (κ1) is 22.5. The van der Waals surface area contributed by atoms with Crippen molar-refractivity contribution in [2.75, 3.05) is 27.3 Å². The van der Waals surface area contributed by atoms with Crippen LogP contribution in [0.2, 0.25) is 0 Å². The highest BCUT2D eigenvalue weighted by Gasteiger charge is 2.41. The number of esters is 1. The second kappa shape index (κ2) is 9.81. The number of allylic oxidation sites excluding steroid dienone is 1. The monoisotopic (exact) mass is 455 g/mol. The molecule has 32 heavy (non-hydrogen) atoms. The van der Waals surface area contributed by atoms with E-state index in [4.69, 9.17) is 14.5 Å². The number of rotatable bonds is 6. The summed E-state index contributed by atoms with van der Waals surface area (Å²) in [5, 5.41) is 2.77. The largest absolute Gasteiger partial charge is 0.497 e. The molecule has 1 saturated heterocycles. The lowest BCUT2D eigenvalue weighted by molar-refractivity contribution is -0.136. The Morgan fingerprint density at radius 2 is 1.97 bits per heavy atom. The summed E-state index contributed by atoms with van der Waals surface area (Å²) in [6, 6.07) is 7.25. The summed E-state index contributed by atoms with van der Waals surface area (Å²) >= 11 is 1.50. The summed E-state index contributed by atoms with van der Waals surface area (Å²) in [7, 11) is 3.01. The smallest absolute Gasteiger partial charge is 0.338 e. The van der Waals surface area contributed by atoms with E-state index in [0.717, 1.165) is 42.4 Å². The van der Waals surface area contributed by atoms with Crippen LogP contribution in [0.1, 0.15) is 50.6 Å². The van der Waals surface area contributed by atoms with Gasteiger partial charge in [0.25, 0.3) is 0 Å². The van der Waals surface area contributed by atoms with E-state index < -0.39 is 12.0 Å². The maximum Gasteiger partial charge on any atom is 0.338 e. The molecule has 3 aliphatic rings. The molecule has 1 atom stereocenters. The summed E-state index contributed by atoms with van der Waals surface area (Å²) in [6.07, 6.45) is 4.17. The minimum Gasteiger partial charge on any atom is -0.497 e. The Morgan fingerprint density at radius 3 is 2.66 bits per heavy atom. The van der Waals surface area contributed by atoms with Crippen LogP contribution in [0.4, 0.5) is 0 Å². The Labute approximate surface area is 193 Å². The van der Waals surface area contributed by atoms with Gasteiger partial charge in [-0.2, -0.15) is 0 Å². The van der Waals surface area contributed by atoms with Crippen LogP contribution in [0, 0.1) is 0 Å². The van der Waals surface area contributed by atoms with Gasteiger partial charge in [-0.3, -0.25) is 4.79 Å². The van der Waals surface area contributed by atoms with Crippen molar-refractivity contribution in [1.82, 2.24) is 9.80 Å². The van der Waals surface area contributed by atoms with Crippen molar-refractivity contribution in [3.63, 3.8) is 0 Å². The Bertz CT molecular complexity index is 995. The molecule has 1 fully saturated rings. The van der Waals surface area contributed by atoms with E-state index in [1.807, 2.05) is 46.4 Å². The van der Waals surface area contributed by atoms with E-state index >= 15 is 0 Å². The highest BCUT2D eigenvalue weighted by molar-refractivity contribution is 8.16. The molecule has 1 aromatic rings. The van der Waals surface area contributed by atoms with Crippen molar-refractivity contribution < 1.29 is 19.1 Å². The van der Waals surface area contributed by atoms with Gasteiger partial charge in [-0.15, -0.1) is 0 Å². The van der Waals surface area contributed by atoms with Crippen LogP contribution in [0.25, 0.3) is 0 Å². The van der Waals surface area contributed by atoms with E-state index in [-0.39, 0.29) is 12.3 Å². The van der Waals surface area contributed by atoms with Gasteiger partial charge in [0.1, 0.15) is 5.75 Å². The molecule has 3 aliphatic heterocycles. The molecule has 0 spiro atoms. The highest BCUT2D eigenvalue weighted by atomic mass is 32.2. The molecule has 0 aromatic heterocycles. The fourth-order valence-electron chi connectivity index (χ4n) is 4.45. The number of amides is 1. The molecule has 4 rings (SSSR count). The van der Waals surface area contributed by atoms with Crippen LogP contribution in [-0.2, 0) is 14.3 Å². The van der Waals surface area contributed by atoms with E-state index in [1.165, 1.54) is 25.3 Å². The molecule has 8 heteroatoms. The molecule has 1 aromatic carbocycles. The van der Waals surface area contributed by atoms with Crippen LogP contribution in [0.5, 0.6) is 5.75 Å². The van der Waals surface area contributed by atoms with E-state index in [9.17, 15) is 9.59 Å². The zero-order chi connectivity index (χ0) is 22.7. The Kier molecular flexibility index (Phi) is 6.89. The second-order valence-electron chi connectivity index (χ2n) is 7.99. The molecule has 0 radical (unpaired) electrons. The average Bonchev–Trinajstić information content (AvgIpc) is 3.24. The van der Waals surface area contributed by atoms with Gasteiger partial charge in [0.05, 0.1) is 38.0 Å². The molecule has 0 N–H and O–H groups in total. The SMILES string of the molecule is CCC1=C(C(=O)OC)C(c2cccc(OC)c2)N2C(CC(=O)N3CCCCC3)=CSC2=N1. The normalized spacial score (nSPS) is 20.5. The number of ether oxygens (including phenoxy) is 2. The van der Waals surface area contributed by atoms with Gasteiger partial charge in [0.15, 0.2) is 5.17 Å². The predicted molar refractivity (Wildman–Crippen MR) is 125 cm³/mol. The molecule has 170 valence electrons. The summed E-state index contributed by atoms with van der Waals surface area (Å²) < 4.78 is 10.6. The van der Waals surface area contributed by atoms with Gasteiger partial charge in [-0.25, -0.2) is 9.79 Å². The summed E-state index contributed by atoms with van der Waals surface area (Å²) in [5.41, 5.74) is 2.96. The maximum atomic E-state index is 13.0. The van der Waals surface area contributed by atoms with Gasteiger partial charge >= 0.3 is 5.97 Å². The standard InChI is InChI=1S/C24H29N3O4S/c1-4-19-21(23(29)31-3)22(16-9-8-10-18(13-16)30-2)27-17(15-32-24(27)25-19)14-20(28)26-11-6-5-7-12-26/h8-10,13,15,22H,4-7,11-12,14H2,1-3H3. The van der Waals surface area contributed by atoms with E-state index in [1.54, 1.807) is 7.11 Å². The molecule has 1 amide bonds. The highest BCUT2D eigenvalue weighted by Crippen LogP contribution is 2.46. The average molecular weight is 456 g/mol. The van der Waals surface area contributed by atoms with Crippen LogP contribution in [0.3, 0.4) is 0 Å². The van der Waals surface area contributed by atoms with Gasteiger partial charge in [0, 0.05) is 18.8 Å². The number of nitrogens with zero attached hydrogens (tertiary/aromatic N) is 3. The lowest BCUT2D eigenvalue weighted by Gasteiger charge is -2.37. The summed E-state index contributed by atoms with van der Waals surface area (Å²) in [5.74, 6) is 0.416. The molecular formula is C24H29N3O4S. The molecular weight excluding hydrogens is 426 g/mol. The zero-order valence-electron chi connectivity index (χ0n) is 18.8. The molecule has 1 unspecified atom stereocenters. The van der Waals surface area contributed by atoms with Gasteiger partial charge in [-0.1, -0.05) is 30.8 Å². The Hall–Kier alpha value is -2.74. The number of thioether (sulfide) groups is 1. The van der Waals surface area contributed by atoms with Crippen molar-refractivity contribution in [2.24, 2.45) is 4.99 Å². The van der Waals surface area contributed by atoms with Gasteiger partial charge in [0.2, 0.25) is 5.91 Å². The van der Waals surface area contributed by atoms with Crippen LogP contribution in [-0.4, -0.2) is 54.2 Å². The predicted octanol–water partition coefficient (Wildman–Crippen LogP) is 4.24. The van der Waals surface area contributed by atoms with E-state index in [2.05, 4.69) is 0 Å². The topological polar surface area (TPSA) is 71.4 Å². The summed E-state index contributed by atoms with van der Waals surface area (Å²) in [4.78, 5) is 34.7. The number of hydrogen-bond donors (Lipinski definition) is 0. The number of benzene rings is 1. The van der Waals surface area contributed by atoms with Crippen molar-refractivity contribution >= 4 is 28.8 Å². The van der Waals surface area contributed by atoms with Gasteiger partial charge < -0.3 is 19.3 Å². The Morgan fingerprint density at radius 1 is 1.19 bits per heavy atom. The number of aliphatic imine (C=N–C) groups is 1. The second-order valence-corrected chi connectivity index (χ2v) is 8.83. The minimum atomic E-state index is -0.435. The molecule has 7 nitrogen and oxygen atoms in total. The maximum absolute atomic E-state index is 13.0. The van der Waals surface area contributed by atoms with Crippen LogP contribution in [0.15, 0.2) is 51.6 Å². The minimum absolute atomic E-state index is 0.118. The number of fused-ring (bicyclic) bond motifs is 1. The third kappa shape index (κ3) is 4.28. The fraction of sp³-hybridized carbons (Fsp3) is 0.458. The first-order valence-corrected chi connectivity index (χ1v) is 11.9. The first-order chi connectivity index (χ1) is 15.6. The van der Waals surface area contributed by atoms with Crippen LogP contribution >= 0.6 is 11.8 Å². The van der Waals surface area contributed by atoms with Crippen molar-refractivity contribution in [1.29, 1.82) is 0 Å². The lowest BCUT2D eigenvalue weighted by atomic mass is 9.92. The number of carbonyl (C=O) groups excluding carboxylic acids is 2. The number of hydrogen-bond acceptors (Lipinski definition) is 7. The number of carbonyl (C=O) groups is 2. The third-order valence-electron chi connectivity index (χ3n) is 6.08. The van der Waals surface area contributed by atoms with Crippen molar-refractivity contribution in [2.45, 2.75) is 45.1 Å². The Balaban J connectivity index is 1.73. The first-order valence-electron chi connectivity index (χ1n) is 11.0. The fourth-order valence-corrected chi connectivity index (χ4v) is 5.39. The lowest BCUT2D eigenvalue weighted by Crippen LogP contribution is -2.40.